The van der Waals surface area contributed by atoms with Gasteiger partial charge in [-0.15, -0.1) is 0 Å². The zero-order chi connectivity index (χ0) is 23.5. The number of hydrogen-bond acceptors (Lipinski definition) is 7. The number of sulfonamides is 1. The molecule has 0 amide bonds. The van der Waals surface area contributed by atoms with E-state index in [9.17, 15) is 8.42 Å². The molecule has 34 heavy (non-hydrogen) atoms. The molecule has 0 spiro atoms. The first kappa shape index (κ1) is 22.3. The second-order valence-corrected chi connectivity index (χ2v) is 10.0. The molecule has 0 unspecified atom stereocenters. The molecule has 5 rings (SSSR count). The van der Waals surface area contributed by atoms with Crippen LogP contribution in [0.1, 0.15) is 11.1 Å². The van der Waals surface area contributed by atoms with Crippen molar-refractivity contribution in [3.05, 3.63) is 78.1 Å². The number of anilines is 3. The van der Waals surface area contributed by atoms with Crippen LogP contribution in [-0.2, 0) is 22.3 Å². The molecule has 1 aliphatic heterocycles. The fourth-order valence-corrected chi connectivity index (χ4v) is 4.93. The molecule has 10 heteroatoms. The van der Waals surface area contributed by atoms with Crippen LogP contribution in [0.4, 0.5) is 17.3 Å². The largest absolute Gasteiger partial charge is 0.369 e. The second-order valence-electron chi connectivity index (χ2n) is 8.40. The van der Waals surface area contributed by atoms with Crippen molar-refractivity contribution in [2.45, 2.75) is 12.3 Å². The van der Waals surface area contributed by atoms with Gasteiger partial charge in [-0.05, 0) is 41.5 Å². The van der Waals surface area contributed by atoms with Crippen LogP contribution in [0.3, 0.4) is 0 Å². The van der Waals surface area contributed by atoms with E-state index in [2.05, 4.69) is 32.7 Å². The monoisotopic (exact) mass is 477 g/mol. The average molecular weight is 478 g/mol. The van der Waals surface area contributed by atoms with Crippen molar-refractivity contribution >= 4 is 38.4 Å². The molecule has 176 valence electrons. The molecule has 3 heterocycles. The van der Waals surface area contributed by atoms with E-state index < -0.39 is 10.0 Å². The number of aromatic nitrogens is 3. The SMILES string of the molecule is NS(=O)(=O)Cc1ccccc1Cn1ccc2cnc(Nc3ccc(N4CCNCC4)cc3)nc21. The molecule has 0 saturated carbocycles. The summed E-state index contributed by atoms with van der Waals surface area (Å²) < 4.78 is 25.3. The van der Waals surface area contributed by atoms with Crippen LogP contribution in [0.5, 0.6) is 0 Å². The van der Waals surface area contributed by atoms with Crippen molar-refractivity contribution in [3.8, 4) is 0 Å². The predicted octanol–water partition coefficient (Wildman–Crippen LogP) is 2.42. The van der Waals surface area contributed by atoms with Crippen molar-refractivity contribution in [3.63, 3.8) is 0 Å². The van der Waals surface area contributed by atoms with Crippen molar-refractivity contribution < 1.29 is 8.42 Å². The first-order valence-corrected chi connectivity index (χ1v) is 12.9. The Kier molecular flexibility index (Phi) is 6.18. The second kappa shape index (κ2) is 9.41. The Morgan fingerprint density at radius 2 is 1.74 bits per heavy atom. The van der Waals surface area contributed by atoms with Crippen LogP contribution in [0.15, 0.2) is 67.0 Å². The van der Waals surface area contributed by atoms with Crippen LogP contribution in [0, 0.1) is 0 Å². The molecule has 1 fully saturated rings. The Labute approximate surface area is 198 Å². The Morgan fingerprint density at radius 3 is 2.47 bits per heavy atom. The fraction of sp³-hybridized carbons (Fsp3) is 0.250. The Hall–Kier alpha value is -3.47. The average Bonchev–Trinajstić information content (AvgIpc) is 3.22. The Morgan fingerprint density at radius 1 is 1.00 bits per heavy atom. The molecule has 9 nitrogen and oxygen atoms in total. The highest BCUT2D eigenvalue weighted by atomic mass is 32.2. The number of nitrogens with two attached hydrogens (primary N) is 1. The Bertz CT molecular complexity index is 1390. The molecule has 4 aromatic rings. The van der Waals surface area contributed by atoms with E-state index in [0.717, 1.165) is 48.5 Å². The normalized spacial score (nSPS) is 14.4. The van der Waals surface area contributed by atoms with Gasteiger partial charge in [-0.1, -0.05) is 24.3 Å². The van der Waals surface area contributed by atoms with Crippen LogP contribution in [-0.4, -0.2) is 49.1 Å². The maximum absolute atomic E-state index is 11.6. The smallest absolute Gasteiger partial charge is 0.229 e. The molecule has 0 atom stereocenters. The molecule has 2 aromatic heterocycles. The third-order valence-electron chi connectivity index (χ3n) is 5.92. The van der Waals surface area contributed by atoms with E-state index in [1.54, 1.807) is 12.3 Å². The molecule has 0 radical (unpaired) electrons. The zero-order valence-electron chi connectivity index (χ0n) is 18.7. The molecule has 1 aliphatic rings. The summed E-state index contributed by atoms with van der Waals surface area (Å²) in [4.78, 5) is 11.5. The highest BCUT2D eigenvalue weighted by Crippen LogP contribution is 2.22. The highest BCUT2D eigenvalue weighted by molar-refractivity contribution is 7.88. The number of benzene rings is 2. The van der Waals surface area contributed by atoms with Gasteiger partial charge in [0.2, 0.25) is 16.0 Å². The molecule has 2 aromatic carbocycles. The first-order valence-electron chi connectivity index (χ1n) is 11.2. The summed E-state index contributed by atoms with van der Waals surface area (Å²) in [5.41, 5.74) is 4.44. The van der Waals surface area contributed by atoms with E-state index in [0.29, 0.717) is 18.1 Å². The number of nitrogens with zero attached hydrogens (tertiary/aromatic N) is 4. The van der Waals surface area contributed by atoms with Gasteiger partial charge in [0.25, 0.3) is 0 Å². The summed E-state index contributed by atoms with van der Waals surface area (Å²) in [7, 11) is -3.62. The zero-order valence-corrected chi connectivity index (χ0v) is 19.5. The molecule has 1 saturated heterocycles. The minimum atomic E-state index is -3.62. The molecular weight excluding hydrogens is 450 g/mol. The summed E-state index contributed by atoms with van der Waals surface area (Å²) in [6, 6.07) is 17.6. The summed E-state index contributed by atoms with van der Waals surface area (Å²) in [5.74, 6) is 0.300. The minimum absolute atomic E-state index is 0.200. The number of hydrogen-bond donors (Lipinski definition) is 3. The maximum Gasteiger partial charge on any atom is 0.229 e. The predicted molar refractivity (Wildman–Crippen MR) is 135 cm³/mol. The minimum Gasteiger partial charge on any atom is -0.369 e. The van der Waals surface area contributed by atoms with Crippen LogP contribution in [0.25, 0.3) is 11.0 Å². The Balaban J connectivity index is 1.36. The van der Waals surface area contributed by atoms with Gasteiger partial charge in [0.1, 0.15) is 5.65 Å². The van der Waals surface area contributed by atoms with Crippen LogP contribution < -0.4 is 20.7 Å². The van der Waals surface area contributed by atoms with Crippen LogP contribution >= 0.6 is 0 Å². The lowest BCUT2D eigenvalue weighted by Crippen LogP contribution is -2.43. The summed E-state index contributed by atoms with van der Waals surface area (Å²) >= 11 is 0. The van der Waals surface area contributed by atoms with Gasteiger partial charge in [-0.25, -0.2) is 18.5 Å². The van der Waals surface area contributed by atoms with E-state index in [-0.39, 0.29) is 5.75 Å². The van der Waals surface area contributed by atoms with E-state index in [1.165, 1.54) is 5.69 Å². The van der Waals surface area contributed by atoms with Gasteiger partial charge >= 0.3 is 0 Å². The van der Waals surface area contributed by atoms with E-state index in [1.807, 2.05) is 47.2 Å². The van der Waals surface area contributed by atoms with Gasteiger partial charge in [0, 0.05) is 61.9 Å². The molecule has 4 N–H and O–H groups in total. The maximum atomic E-state index is 11.6. The van der Waals surface area contributed by atoms with E-state index >= 15 is 0 Å². The quantitative estimate of drug-likeness (QED) is 0.374. The lowest BCUT2D eigenvalue weighted by Gasteiger charge is -2.29. The highest BCUT2D eigenvalue weighted by Gasteiger charge is 2.13. The number of rotatable bonds is 7. The first-order chi connectivity index (χ1) is 16.4. The third kappa shape index (κ3) is 5.19. The van der Waals surface area contributed by atoms with Crippen molar-refractivity contribution in [2.24, 2.45) is 5.14 Å². The molecular formula is C24H27N7O2S. The van der Waals surface area contributed by atoms with Gasteiger partial charge in [-0.3, -0.25) is 0 Å². The van der Waals surface area contributed by atoms with Crippen molar-refractivity contribution in [1.82, 2.24) is 19.9 Å². The lowest BCUT2D eigenvalue weighted by molar-refractivity contribution is 0.589. The van der Waals surface area contributed by atoms with Crippen LogP contribution in [0.2, 0.25) is 0 Å². The number of piperazine rings is 1. The topological polar surface area (TPSA) is 118 Å². The number of fused-ring (bicyclic) bond motifs is 1. The summed E-state index contributed by atoms with van der Waals surface area (Å²) in [5, 5.41) is 12.8. The fourth-order valence-electron chi connectivity index (χ4n) is 4.22. The van der Waals surface area contributed by atoms with Gasteiger partial charge < -0.3 is 20.1 Å². The third-order valence-corrected chi connectivity index (χ3v) is 6.64. The van der Waals surface area contributed by atoms with E-state index in [4.69, 9.17) is 10.1 Å². The lowest BCUT2D eigenvalue weighted by atomic mass is 10.1. The number of nitrogens with one attached hydrogen (secondary N) is 2. The molecule has 0 bridgehead atoms. The standard InChI is InChI=1S/C24H27N7O2S/c25-34(32,33)17-20-4-2-1-3-19(20)16-31-12-9-18-15-27-24(29-23(18)31)28-21-5-7-22(8-6-21)30-13-10-26-11-14-30/h1-9,12,15,26H,10-11,13-14,16-17H2,(H2,25,32,33)(H,27,28,29). The summed E-state index contributed by atoms with van der Waals surface area (Å²) in [6.07, 6.45) is 3.71. The van der Waals surface area contributed by atoms with Gasteiger partial charge in [0.05, 0.1) is 5.75 Å². The van der Waals surface area contributed by atoms with Crippen molar-refractivity contribution in [2.75, 3.05) is 36.4 Å². The van der Waals surface area contributed by atoms with Crippen molar-refractivity contribution in [1.29, 1.82) is 0 Å². The molecule has 0 aliphatic carbocycles. The van der Waals surface area contributed by atoms with Gasteiger partial charge in [-0.2, -0.15) is 4.98 Å². The van der Waals surface area contributed by atoms with Gasteiger partial charge in [0.15, 0.2) is 0 Å². The number of primary sulfonamides is 1. The summed E-state index contributed by atoms with van der Waals surface area (Å²) in [6.45, 7) is 4.48.